The lowest BCUT2D eigenvalue weighted by atomic mass is 9.83. The topological polar surface area (TPSA) is 68.0 Å². The van der Waals surface area contributed by atoms with Crippen molar-refractivity contribution in [2.45, 2.75) is 38.5 Å². The fraction of sp³-hybridized carbons (Fsp3) is 0.737. The summed E-state index contributed by atoms with van der Waals surface area (Å²) in [5, 5.41) is 6.76. The molecule has 6 nitrogen and oxygen atoms in total. The van der Waals surface area contributed by atoms with Crippen LogP contribution >= 0.6 is 0 Å². The number of guanidine groups is 1. The minimum atomic E-state index is 0.298. The summed E-state index contributed by atoms with van der Waals surface area (Å²) in [7, 11) is 3.49. The molecular weight excluding hydrogens is 318 g/mol. The predicted octanol–water partition coefficient (Wildman–Crippen LogP) is 2.60. The van der Waals surface area contributed by atoms with Crippen molar-refractivity contribution in [3.63, 3.8) is 0 Å². The second-order valence-corrected chi connectivity index (χ2v) is 6.79. The molecule has 142 valence electrons. The molecule has 6 heteroatoms. The minimum Gasteiger partial charge on any atom is -0.469 e. The van der Waals surface area contributed by atoms with Gasteiger partial charge in [-0.3, -0.25) is 4.99 Å². The Morgan fingerprint density at radius 1 is 1.16 bits per heavy atom. The number of ether oxygens (including phenoxy) is 2. The molecule has 2 rings (SSSR count). The van der Waals surface area contributed by atoms with E-state index in [1.54, 1.807) is 20.5 Å². The Morgan fingerprint density at radius 2 is 1.92 bits per heavy atom. The number of rotatable bonds is 11. The molecule has 1 aromatic rings. The van der Waals surface area contributed by atoms with Crippen molar-refractivity contribution in [1.29, 1.82) is 0 Å². The third-order valence-electron chi connectivity index (χ3n) is 4.92. The van der Waals surface area contributed by atoms with Gasteiger partial charge in [0.05, 0.1) is 12.9 Å². The van der Waals surface area contributed by atoms with E-state index in [2.05, 4.69) is 10.6 Å². The van der Waals surface area contributed by atoms with Gasteiger partial charge in [-0.15, -0.1) is 0 Å². The van der Waals surface area contributed by atoms with Crippen LogP contribution in [0.3, 0.4) is 0 Å². The molecule has 0 bridgehead atoms. The van der Waals surface area contributed by atoms with Crippen molar-refractivity contribution in [3.05, 3.63) is 24.2 Å². The first-order chi connectivity index (χ1) is 12.3. The summed E-state index contributed by atoms with van der Waals surface area (Å²) >= 11 is 0. The summed E-state index contributed by atoms with van der Waals surface area (Å²) in [6.45, 7) is 3.85. The minimum absolute atomic E-state index is 0.298. The number of aliphatic imine (C=N–C) groups is 1. The lowest BCUT2D eigenvalue weighted by Crippen LogP contribution is -2.41. The molecule has 0 amide bonds. The Morgan fingerprint density at radius 3 is 2.60 bits per heavy atom. The van der Waals surface area contributed by atoms with Crippen molar-refractivity contribution >= 4 is 5.96 Å². The van der Waals surface area contributed by atoms with Gasteiger partial charge in [0.25, 0.3) is 0 Å². The van der Waals surface area contributed by atoms with Gasteiger partial charge in [0.2, 0.25) is 0 Å². The number of nitrogens with zero attached hydrogens (tertiary/aromatic N) is 1. The van der Waals surface area contributed by atoms with Crippen LogP contribution in [-0.2, 0) is 15.9 Å². The summed E-state index contributed by atoms with van der Waals surface area (Å²) in [6.07, 6.45) is 8.74. The second kappa shape index (κ2) is 11.2. The van der Waals surface area contributed by atoms with Crippen LogP contribution in [0.5, 0.6) is 0 Å². The van der Waals surface area contributed by atoms with E-state index in [9.17, 15) is 0 Å². The van der Waals surface area contributed by atoms with Gasteiger partial charge in [0, 0.05) is 46.9 Å². The van der Waals surface area contributed by atoms with E-state index in [0.717, 1.165) is 50.8 Å². The first-order valence-corrected chi connectivity index (χ1v) is 9.30. The number of methoxy groups -OCH3 is 2. The van der Waals surface area contributed by atoms with Crippen molar-refractivity contribution in [3.8, 4) is 0 Å². The zero-order chi connectivity index (χ0) is 17.8. The number of hydrogen-bond donors (Lipinski definition) is 2. The zero-order valence-corrected chi connectivity index (χ0v) is 15.7. The van der Waals surface area contributed by atoms with Gasteiger partial charge >= 0.3 is 0 Å². The molecule has 1 heterocycles. The fourth-order valence-electron chi connectivity index (χ4n) is 3.38. The Hall–Kier alpha value is -1.53. The van der Waals surface area contributed by atoms with E-state index in [-0.39, 0.29) is 0 Å². The van der Waals surface area contributed by atoms with E-state index < -0.39 is 0 Å². The van der Waals surface area contributed by atoms with Gasteiger partial charge in [-0.1, -0.05) is 12.8 Å². The van der Waals surface area contributed by atoms with Crippen LogP contribution in [0.1, 0.15) is 37.9 Å². The van der Waals surface area contributed by atoms with E-state index in [1.165, 1.54) is 25.7 Å². The predicted molar refractivity (Wildman–Crippen MR) is 100.0 cm³/mol. The number of hydrogen-bond acceptors (Lipinski definition) is 4. The van der Waals surface area contributed by atoms with Crippen LogP contribution < -0.4 is 10.6 Å². The third-order valence-corrected chi connectivity index (χ3v) is 4.92. The average Bonchev–Trinajstić information content (AvgIpc) is 3.30. The molecular formula is C19H33N3O3. The quantitative estimate of drug-likeness (QED) is 0.364. The molecule has 1 aliphatic carbocycles. The summed E-state index contributed by atoms with van der Waals surface area (Å²) in [5.74, 6) is 1.84. The SMILES string of the molecule is COCCNC(=NCC1(CCOC)CCCC1)NCCc1ccco1. The highest BCUT2D eigenvalue weighted by Gasteiger charge is 2.33. The molecule has 0 aliphatic heterocycles. The van der Waals surface area contributed by atoms with Gasteiger partial charge < -0.3 is 24.5 Å². The standard InChI is InChI=1S/C19H33N3O3/c1-23-14-10-19(8-3-4-9-19)16-22-18(21-12-15-24-2)20-11-7-17-6-5-13-25-17/h5-6,13H,3-4,7-12,14-16H2,1-2H3,(H2,20,21,22). The Balaban J connectivity index is 1.88. The van der Waals surface area contributed by atoms with Gasteiger partial charge in [-0.25, -0.2) is 0 Å². The molecule has 25 heavy (non-hydrogen) atoms. The highest BCUT2D eigenvalue weighted by atomic mass is 16.5. The summed E-state index contributed by atoms with van der Waals surface area (Å²) < 4.78 is 15.8. The summed E-state index contributed by atoms with van der Waals surface area (Å²) in [6, 6.07) is 3.91. The highest BCUT2D eigenvalue weighted by Crippen LogP contribution is 2.41. The Bertz CT molecular complexity index is 482. The molecule has 0 aromatic carbocycles. The van der Waals surface area contributed by atoms with E-state index in [4.69, 9.17) is 18.9 Å². The smallest absolute Gasteiger partial charge is 0.191 e. The number of nitrogens with one attached hydrogen (secondary N) is 2. The summed E-state index contributed by atoms with van der Waals surface area (Å²) in [4.78, 5) is 4.87. The van der Waals surface area contributed by atoms with Gasteiger partial charge in [-0.2, -0.15) is 0 Å². The van der Waals surface area contributed by atoms with Crippen LogP contribution in [0, 0.1) is 5.41 Å². The van der Waals surface area contributed by atoms with Gasteiger partial charge in [0.15, 0.2) is 5.96 Å². The van der Waals surface area contributed by atoms with Crippen LogP contribution in [0.4, 0.5) is 0 Å². The van der Waals surface area contributed by atoms with Crippen LogP contribution in [0.15, 0.2) is 27.8 Å². The monoisotopic (exact) mass is 351 g/mol. The van der Waals surface area contributed by atoms with E-state index in [0.29, 0.717) is 12.0 Å². The molecule has 0 saturated heterocycles. The maximum Gasteiger partial charge on any atom is 0.191 e. The van der Waals surface area contributed by atoms with Crippen LogP contribution in [0.2, 0.25) is 0 Å². The fourth-order valence-corrected chi connectivity index (χ4v) is 3.38. The first-order valence-electron chi connectivity index (χ1n) is 9.30. The molecule has 0 radical (unpaired) electrons. The van der Waals surface area contributed by atoms with Crippen molar-refractivity contribution in [2.24, 2.45) is 10.4 Å². The number of furan rings is 1. The molecule has 0 atom stereocenters. The van der Waals surface area contributed by atoms with E-state index >= 15 is 0 Å². The van der Waals surface area contributed by atoms with E-state index in [1.807, 2.05) is 12.1 Å². The molecule has 0 spiro atoms. The maximum atomic E-state index is 5.38. The molecule has 1 aliphatic rings. The van der Waals surface area contributed by atoms with Crippen LogP contribution in [-0.4, -0.2) is 53.0 Å². The van der Waals surface area contributed by atoms with Crippen molar-refractivity contribution < 1.29 is 13.9 Å². The third kappa shape index (κ3) is 7.08. The van der Waals surface area contributed by atoms with Crippen molar-refractivity contribution in [2.75, 3.05) is 47.1 Å². The molecule has 1 aromatic heterocycles. The highest BCUT2D eigenvalue weighted by molar-refractivity contribution is 5.79. The van der Waals surface area contributed by atoms with Crippen molar-refractivity contribution in [1.82, 2.24) is 10.6 Å². The lowest BCUT2D eigenvalue weighted by molar-refractivity contribution is 0.141. The zero-order valence-electron chi connectivity index (χ0n) is 15.7. The van der Waals surface area contributed by atoms with Gasteiger partial charge in [-0.05, 0) is 36.8 Å². The Kier molecular flexibility index (Phi) is 8.83. The Labute approximate surface area is 151 Å². The normalized spacial score (nSPS) is 17.0. The van der Waals surface area contributed by atoms with Crippen LogP contribution in [0.25, 0.3) is 0 Å². The molecule has 1 saturated carbocycles. The summed E-state index contributed by atoms with van der Waals surface area (Å²) in [5.41, 5.74) is 0.298. The first kappa shape index (κ1) is 19.8. The largest absolute Gasteiger partial charge is 0.469 e. The molecule has 0 unspecified atom stereocenters. The average molecular weight is 351 g/mol. The lowest BCUT2D eigenvalue weighted by Gasteiger charge is -2.27. The molecule has 1 fully saturated rings. The van der Waals surface area contributed by atoms with Gasteiger partial charge in [0.1, 0.15) is 5.76 Å². The second-order valence-electron chi connectivity index (χ2n) is 6.79. The molecule has 2 N–H and O–H groups in total. The maximum absolute atomic E-state index is 5.38.